The van der Waals surface area contributed by atoms with E-state index >= 15 is 0 Å². The van der Waals surface area contributed by atoms with E-state index in [0.29, 0.717) is 47.3 Å². The average molecular weight is 423 g/mol. The lowest BCUT2D eigenvalue weighted by Crippen LogP contribution is -2.41. The number of aromatic nitrogens is 1. The molecule has 3 rings (SSSR count). The van der Waals surface area contributed by atoms with E-state index in [-0.39, 0.29) is 0 Å². The summed E-state index contributed by atoms with van der Waals surface area (Å²) in [6.45, 7) is 16.1. The first-order valence-corrected chi connectivity index (χ1v) is 9.94. The number of nitrogens with one attached hydrogen (secondary N) is 1. The monoisotopic (exact) mass is 423 g/mol. The van der Waals surface area contributed by atoms with Crippen LogP contribution in [0.3, 0.4) is 0 Å². The molecule has 0 bridgehead atoms. The number of nitrogens with zero attached hydrogens (tertiary/aromatic N) is 2. The van der Waals surface area contributed by atoms with Crippen LogP contribution < -0.4 is 15.5 Å². The van der Waals surface area contributed by atoms with Crippen LogP contribution >= 0.6 is 0 Å². The molecule has 0 spiro atoms. The summed E-state index contributed by atoms with van der Waals surface area (Å²) in [5, 5.41) is 3.06. The Balaban J connectivity index is 1.82. The average Bonchev–Trinajstić information content (AvgIpc) is 2.95. The topological polar surface area (TPSA) is 83.3 Å². The van der Waals surface area contributed by atoms with Crippen molar-refractivity contribution in [3.8, 4) is 11.6 Å². The third kappa shape index (κ3) is 4.88. The maximum atomic E-state index is 11.8. The third-order valence-electron chi connectivity index (χ3n) is 5.48. The molecular weight excluding hydrogens is 397 g/mol. The Morgan fingerprint density at radius 2 is 1.90 bits per heavy atom. The molecule has 8 nitrogen and oxygen atoms in total. The van der Waals surface area contributed by atoms with E-state index in [9.17, 15) is 4.79 Å². The first-order valence-electron chi connectivity index (χ1n) is 9.94. The largest absolute Gasteiger partial charge is 0.495 e. The molecule has 0 unspecified atom stereocenters. The fourth-order valence-electron chi connectivity index (χ4n) is 3.01. The number of ether oxygens (including phenoxy) is 2. The number of hydrogen-bond donors (Lipinski definition) is 1. The smallest absolute Gasteiger partial charge is 0.439 e. The zero-order valence-electron chi connectivity index (χ0n) is 18.4. The van der Waals surface area contributed by atoms with Crippen molar-refractivity contribution in [3.63, 3.8) is 0 Å². The number of carbonyl (C=O) groups excluding carboxylic acids is 1. The Bertz CT molecular complexity index is 987. The van der Waals surface area contributed by atoms with Crippen molar-refractivity contribution in [1.82, 2.24) is 4.98 Å². The molecule has 1 aromatic heterocycles. The van der Waals surface area contributed by atoms with Crippen molar-refractivity contribution >= 4 is 30.4 Å². The molecular formula is C22H26BN3O5. The Labute approximate surface area is 182 Å². The van der Waals surface area contributed by atoms with E-state index in [1.165, 1.54) is 0 Å². The van der Waals surface area contributed by atoms with Crippen LogP contribution in [-0.4, -0.2) is 49.9 Å². The van der Waals surface area contributed by atoms with Crippen molar-refractivity contribution in [1.29, 1.82) is 0 Å². The Morgan fingerprint density at radius 3 is 2.52 bits per heavy atom. The summed E-state index contributed by atoms with van der Waals surface area (Å²) >= 11 is 0. The van der Waals surface area contributed by atoms with Gasteiger partial charge in [0.2, 0.25) is 11.6 Å². The number of methoxy groups -OCH3 is 1. The maximum absolute atomic E-state index is 11.8. The van der Waals surface area contributed by atoms with Gasteiger partial charge in [0, 0.05) is 19.2 Å². The van der Waals surface area contributed by atoms with E-state index in [1.54, 1.807) is 37.4 Å². The van der Waals surface area contributed by atoms with Crippen LogP contribution in [0.5, 0.6) is 11.6 Å². The van der Waals surface area contributed by atoms with Crippen LogP contribution in [0.1, 0.15) is 38.1 Å². The lowest BCUT2D eigenvalue weighted by Gasteiger charge is -2.32. The van der Waals surface area contributed by atoms with Crippen LogP contribution in [0.4, 0.5) is 11.5 Å². The summed E-state index contributed by atoms with van der Waals surface area (Å²) in [6.07, 6.45) is 0.750. The summed E-state index contributed by atoms with van der Waals surface area (Å²) < 4.78 is 23.0. The highest BCUT2D eigenvalue weighted by molar-refractivity contribution is 6.63. The van der Waals surface area contributed by atoms with Crippen LogP contribution in [0.15, 0.2) is 30.3 Å². The molecule has 1 fully saturated rings. The number of hydrogen-bond acceptors (Lipinski definition) is 7. The fraction of sp³-hybridized carbons (Fsp3) is 0.409. The molecule has 1 aromatic carbocycles. The molecule has 0 atom stereocenters. The summed E-state index contributed by atoms with van der Waals surface area (Å²) in [6, 6.07) is 8.35. The first kappa shape index (κ1) is 22.8. The number of carbonyl (C=O) groups is 1. The van der Waals surface area contributed by atoms with Crippen molar-refractivity contribution in [2.75, 3.05) is 25.6 Å². The molecule has 0 aliphatic carbocycles. The molecule has 1 aliphatic heterocycles. The number of benzene rings is 1. The van der Waals surface area contributed by atoms with Gasteiger partial charge >= 0.3 is 7.12 Å². The second kappa shape index (κ2) is 9.06. The van der Waals surface area contributed by atoms with Gasteiger partial charge in [-0.2, -0.15) is 0 Å². The van der Waals surface area contributed by atoms with Gasteiger partial charge in [-0.05, 0) is 57.4 Å². The standard InChI is InChI=1S/C22H26BN3O5/c1-21(2)22(3,4)31-23(30-21)17-8-7-16(13-15(17)14-27)29-19-10-9-18(24-5)20(26-19)25-11-12-28-6/h7-10,13-14H,11-12H2,1-4,6H3,(H,25,26). The molecule has 0 amide bonds. The van der Waals surface area contributed by atoms with Gasteiger partial charge in [-0.1, -0.05) is 6.07 Å². The second-order valence-electron chi connectivity index (χ2n) is 8.15. The highest BCUT2D eigenvalue weighted by atomic mass is 16.7. The summed E-state index contributed by atoms with van der Waals surface area (Å²) in [7, 11) is 0.953. The Hall–Kier alpha value is -2.93. The number of rotatable bonds is 8. The van der Waals surface area contributed by atoms with Gasteiger partial charge in [0.15, 0.2) is 0 Å². The van der Waals surface area contributed by atoms with Crippen LogP contribution in [0.2, 0.25) is 0 Å². The lowest BCUT2D eigenvalue weighted by molar-refractivity contribution is 0.00578. The molecule has 9 heteroatoms. The van der Waals surface area contributed by atoms with Crippen LogP contribution in [0, 0.1) is 6.57 Å². The van der Waals surface area contributed by atoms with Gasteiger partial charge in [-0.25, -0.2) is 9.83 Å². The zero-order chi connectivity index (χ0) is 22.6. The highest BCUT2D eigenvalue weighted by Gasteiger charge is 2.52. The van der Waals surface area contributed by atoms with Gasteiger partial charge in [-0.3, -0.25) is 4.79 Å². The van der Waals surface area contributed by atoms with Crippen LogP contribution in [0.25, 0.3) is 4.85 Å². The van der Waals surface area contributed by atoms with Crippen molar-refractivity contribution in [3.05, 3.63) is 47.3 Å². The SMILES string of the molecule is [C-]#[N+]c1ccc(Oc2ccc(B3OC(C)(C)C(C)(C)O3)c(C=O)c2)nc1NCCOC. The molecule has 2 aromatic rings. The Kier molecular flexibility index (Phi) is 6.65. The van der Waals surface area contributed by atoms with Crippen molar-refractivity contribution in [2.45, 2.75) is 38.9 Å². The predicted octanol–water partition coefficient (Wildman–Crippen LogP) is 3.59. The third-order valence-corrected chi connectivity index (χ3v) is 5.48. The van der Waals surface area contributed by atoms with E-state index in [2.05, 4.69) is 15.1 Å². The molecule has 0 saturated carbocycles. The van der Waals surface area contributed by atoms with Gasteiger partial charge in [0.25, 0.3) is 0 Å². The lowest BCUT2D eigenvalue weighted by atomic mass is 9.76. The minimum absolute atomic E-state index is 0.299. The van der Waals surface area contributed by atoms with E-state index in [0.717, 1.165) is 6.29 Å². The summed E-state index contributed by atoms with van der Waals surface area (Å²) in [5.74, 6) is 1.15. The minimum Gasteiger partial charge on any atom is -0.439 e. The number of pyridine rings is 1. The predicted molar refractivity (Wildman–Crippen MR) is 118 cm³/mol. The molecule has 0 radical (unpaired) electrons. The normalized spacial score (nSPS) is 16.6. The maximum Gasteiger partial charge on any atom is 0.495 e. The molecule has 162 valence electrons. The first-order chi connectivity index (χ1) is 14.7. The number of anilines is 1. The molecule has 1 saturated heterocycles. The Morgan fingerprint density at radius 1 is 1.19 bits per heavy atom. The molecule has 1 N–H and O–H groups in total. The fourth-order valence-corrected chi connectivity index (χ4v) is 3.01. The van der Waals surface area contributed by atoms with Crippen molar-refractivity contribution < 1.29 is 23.6 Å². The van der Waals surface area contributed by atoms with E-state index in [1.807, 2.05) is 27.7 Å². The zero-order valence-corrected chi connectivity index (χ0v) is 18.4. The second-order valence-corrected chi connectivity index (χ2v) is 8.15. The number of aldehydes is 1. The van der Waals surface area contributed by atoms with Gasteiger partial charge in [0.1, 0.15) is 17.9 Å². The van der Waals surface area contributed by atoms with E-state index in [4.69, 9.17) is 25.4 Å². The van der Waals surface area contributed by atoms with Gasteiger partial charge < -0.3 is 24.1 Å². The summed E-state index contributed by atoms with van der Waals surface area (Å²) in [4.78, 5) is 19.6. The van der Waals surface area contributed by atoms with Crippen molar-refractivity contribution in [2.24, 2.45) is 0 Å². The molecule has 1 aliphatic rings. The molecule has 2 heterocycles. The highest BCUT2D eigenvalue weighted by Crippen LogP contribution is 2.37. The minimum atomic E-state index is -0.646. The van der Waals surface area contributed by atoms with E-state index < -0.39 is 18.3 Å². The quantitative estimate of drug-likeness (QED) is 0.301. The van der Waals surface area contributed by atoms with Gasteiger partial charge in [0.05, 0.1) is 24.4 Å². The van der Waals surface area contributed by atoms with Crippen LogP contribution in [-0.2, 0) is 14.0 Å². The summed E-state index contributed by atoms with van der Waals surface area (Å²) in [5.41, 5.74) is 0.418. The molecule has 31 heavy (non-hydrogen) atoms. The van der Waals surface area contributed by atoms with Gasteiger partial charge in [-0.15, -0.1) is 0 Å².